The number of nitrogens with one attached hydrogen (secondary N) is 1. The molecule has 2 aromatic heterocycles. The lowest BCUT2D eigenvalue weighted by molar-refractivity contribution is -0.121. The first-order chi connectivity index (χ1) is 13.5. The topological polar surface area (TPSA) is 104 Å². The molecule has 0 aliphatic heterocycles. The minimum atomic E-state index is -0.780. The van der Waals surface area contributed by atoms with Gasteiger partial charge in [0.2, 0.25) is 5.91 Å². The standard InChI is InChI=1S/C19H20N4O5/c1-22-17-14(5-4-8-20-17)23(19(26)18(22)25)11-16(24)21-10-12-9-13(27-2)6-7-15(12)28-3/h4-9H,10-11H2,1-3H3,(H,21,24). The van der Waals surface area contributed by atoms with Crippen molar-refractivity contribution in [1.29, 1.82) is 0 Å². The highest BCUT2D eigenvalue weighted by Gasteiger charge is 2.15. The molecule has 0 aliphatic rings. The van der Waals surface area contributed by atoms with Crippen molar-refractivity contribution in [3.8, 4) is 11.5 Å². The van der Waals surface area contributed by atoms with Gasteiger partial charge >= 0.3 is 11.1 Å². The van der Waals surface area contributed by atoms with Gasteiger partial charge in [0, 0.05) is 25.4 Å². The predicted octanol–water partition coefficient (Wildman–Crippen LogP) is 0.429. The van der Waals surface area contributed by atoms with Crippen molar-refractivity contribution in [3.63, 3.8) is 0 Å². The summed E-state index contributed by atoms with van der Waals surface area (Å²) in [5, 5.41) is 2.74. The smallest absolute Gasteiger partial charge is 0.317 e. The number of pyridine rings is 1. The van der Waals surface area contributed by atoms with Crippen LogP contribution in [-0.2, 0) is 24.9 Å². The number of methoxy groups -OCH3 is 2. The van der Waals surface area contributed by atoms with Gasteiger partial charge in [-0.15, -0.1) is 0 Å². The number of fused-ring (bicyclic) bond motifs is 1. The molecule has 1 N–H and O–H groups in total. The molecule has 3 rings (SSSR count). The molecule has 1 amide bonds. The number of rotatable bonds is 6. The number of nitrogens with zero attached hydrogens (tertiary/aromatic N) is 3. The predicted molar refractivity (Wildman–Crippen MR) is 103 cm³/mol. The van der Waals surface area contributed by atoms with Gasteiger partial charge in [0.15, 0.2) is 5.65 Å². The van der Waals surface area contributed by atoms with Crippen molar-refractivity contribution in [2.75, 3.05) is 14.2 Å². The quantitative estimate of drug-likeness (QED) is 0.618. The highest BCUT2D eigenvalue weighted by atomic mass is 16.5. The summed E-state index contributed by atoms with van der Waals surface area (Å²) >= 11 is 0. The first-order valence-electron chi connectivity index (χ1n) is 8.48. The van der Waals surface area contributed by atoms with Crippen molar-refractivity contribution < 1.29 is 14.3 Å². The van der Waals surface area contributed by atoms with Crippen LogP contribution in [-0.4, -0.2) is 34.2 Å². The van der Waals surface area contributed by atoms with Gasteiger partial charge in [0.25, 0.3) is 0 Å². The van der Waals surface area contributed by atoms with Crippen LogP contribution in [0.3, 0.4) is 0 Å². The lowest BCUT2D eigenvalue weighted by Gasteiger charge is -2.13. The lowest BCUT2D eigenvalue weighted by Crippen LogP contribution is -2.43. The van der Waals surface area contributed by atoms with Crippen molar-refractivity contribution in [3.05, 3.63) is 62.8 Å². The highest BCUT2D eigenvalue weighted by molar-refractivity contribution is 5.78. The number of amides is 1. The minimum Gasteiger partial charge on any atom is -0.497 e. The molecule has 0 unspecified atom stereocenters. The van der Waals surface area contributed by atoms with E-state index >= 15 is 0 Å². The summed E-state index contributed by atoms with van der Waals surface area (Å²) in [5.41, 5.74) is -0.0679. The molecule has 0 saturated carbocycles. The number of hydrogen-bond acceptors (Lipinski definition) is 6. The molecular weight excluding hydrogens is 364 g/mol. The van der Waals surface area contributed by atoms with Crippen LogP contribution < -0.4 is 25.9 Å². The summed E-state index contributed by atoms with van der Waals surface area (Å²) < 4.78 is 12.8. The Morgan fingerprint density at radius 3 is 2.64 bits per heavy atom. The molecular formula is C19H20N4O5. The molecule has 0 radical (unpaired) electrons. The molecule has 0 aliphatic carbocycles. The van der Waals surface area contributed by atoms with Crippen LogP contribution in [0.25, 0.3) is 11.2 Å². The van der Waals surface area contributed by atoms with Gasteiger partial charge in [-0.25, -0.2) is 4.98 Å². The Morgan fingerprint density at radius 1 is 1.14 bits per heavy atom. The number of hydrogen-bond donors (Lipinski definition) is 1. The summed E-state index contributed by atoms with van der Waals surface area (Å²) in [7, 11) is 4.55. The highest BCUT2D eigenvalue weighted by Crippen LogP contribution is 2.23. The molecule has 146 valence electrons. The number of aryl methyl sites for hydroxylation is 1. The average molecular weight is 384 g/mol. The number of ether oxygens (including phenoxy) is 2. The molecule has 0 spiro atoms. The fourth-order valence-corrected chi connectivity index (χ4v) is 2.89. The van der Waals surface area contributed by atoms with Gasteiger partial charge in [-0.2, -0.15) is 0 Å². The second kappa shape index (κ2) is 7.95. The fraction of sp³-hybridized carbons (Fsp3) is 0.263. The first kappa shape index (κ1) is 19.2. The van der Waals surface area contributed by atoms with Crippen LogP contribution in [0.4, 0.5) is 0 Å². The Balaban J connectivity index is 1.85. The Morgan fingerprint density at radius 2 is 1.93 bits per heavy atom. The first-order valence-corrected chi connectivity index (χ1v) is 8.48. The maximum absolute atomic E-state index is 12.5. The van der Waals surface area contributed by atoms with Gasteiger partial charge in [-0.3, -0.25) is 23.5 Å². The van der Waals surface area contributed by atoms with Crippen LogP contribution in [0.15, 0.2) is 46.1 Å². The molecule has 1 aromatic carbocycles. The Hall–Kier alpha value is -3.62. The van der Waals surface area contributed by atoms with Crippen molar-refractivity contribution in [2.24, 2.45) is 7.05 Å². The van der Waals surface area contributed by atoms with Crippen molar-refractivity contribution in [2.45, 2.75) is 13.1 Å². The number of aromatic nitrogens is 3. The van der Waals surface area contributed by atoms with Gasteiger partial charge in [-0.05, 0) is 30.3 Å². The zero-order valence-electron chi connectivity index (χ0n) is 15.8. The van der Waals surface area contributed by atoms with Crippen LogP contribution >= 0.6 is 0 Å². The minimum absolute atomic E-state index is 0.176. The fourth-order valence-electron chi connectivity index (χ4n) is 2.89. The Bertz CT molecular complexity index is 1150. The molecule has 0 fully saturated rings. The molecule has 0 saturated heterocycles. The van der Waals surface area contributed by atoms with E-state index in [1.54, 1.807) is 37.4 Å². The summed E-state index contributed by atoms with van der Waals surface area (Å²) in [5.74, 6) is 0.803. The van der Waals surface area contributed by atoms with Crippen molar-refractivity contribution >= 4 is 17.1 Å². The zero-order chi connectivity index (χ0) is 20.3. The van der Waals surface area contributed by atoms with E-state index < -0.39 is 17.0 Å². The maximum atomic E-state index is 12.5. The van der Waals surface area contributed by atoms with Gasteiger partial charge in [0.1, 0.15) is 18.0 Å². The van der Waals surface area contributed by atoms with E-state index in [1.807, 2.05) is 0 Å². The third-order valence-electron chi connectivity index (χ3n) is 4.37. The third-order valence-corrected chi connectivity index (χ3v) is 4.37. The monoisotopic (exact) mass is 384 g/mol. The molecule has 28 heavy (non-hydrogen) atoms. The maximum Gasteiger partial charge on any atom is 0.317 e. The van der Waals surface area contributed by atoms with E-state index in [4.69, 9.17) is 9.47 Å². The SMILES string of the molecule is COc1ccc(OC)c(CNC(=O)Cn2c(=O)c(=O)n(C)c3ncccc32)c1. The van der Waals surface area contributed by atoms with Crippen LogP contribution in [0.2, 0.25) is 0 Å². The second-order valence-electron chi connectivity index (χ2n) is 6.06. The molecule has 9 nitrogen and oxygen atoms in total. The number of carbonyl (C=O) groups excluding carboxylic acids is 1. The van der Waals surface area contributed by atoms with E-state index in [0.29, 0.717) is 22.7 Å². The molecule has 0 bridgehead atoms. The van der Waals surface area contributed by atoms with E-state index in [2.05, 4.69) is 10.3 Å². The molecule has 2 heterocycles. The number of carbonyl (C=O) groups is 1. The molecule has 0 atom stereocenters. The zero-order valence-corrected chi connectivity index (χ0v) is 15.8. The van der Waals surface area contributed by atoms with Crippen LogP contribution in [0.5, 0.6) is 11.5 Å². The summed E-state index contributed by atoms with van der Waals surface area (Å²) in [4.78, 5) is 41.1. The van der Waals surface area contributed by atoms with Gasteiger partial charge in [0.05, 0.1) is 19.7 Å². The number of benzene rings is 1. The Labute approximate surface area is 160 Å². The summed E-state index contributed by atoms with van der Waals surface area (Å²) in [6.07, 6.45) is 1.52. The van der Waals surface area contributed by atoms with E-state index in [9.17, 15) is 14.4 Å². The van der Waals surface area contributed by atoms with Crippen LogP contribution in [0.1, 0.15) is 5.56 Å². The summed E-state index contributed by atoms with van der Waals surface area (Å²) in [6.45, 7) is -0.127. The molecule has 3 aromatic rings. The second-order valence-corrected chi connectivity index (χ2v) is 6.06. The average Bonchev–Trinajstić information content (AvgIpc) is 2.73. The van der Waals surface area contributed by atoms with Crippen LogP contribution in [0, 0.1) is 0 Å². The summed E-state index contributed by atoms with van der Waals surface area (Å²) in [6, 6.07) is 8.53. The largest absolute Gasteiger partial charge is 0.497 e. The Kier molecular flexibility index (Phi) is 5.44. The van der Waals surface area contributed by atoms with E-state index in [0.717, 1.165) is 10.1 Å². The van der Waals surface area contributed by atoms with E-state index in [1.165, 1.54) is 24.9 Å². The van der Waals surface area contributed by atoms with Gasteiger partial charge in [-0.1, -0.05) is 0 Å². The van der Waals surface area contributed by atoms with Crippen molar-refractivity contribution in [1.82, 2.24) is 19.4 Å². The van der Waals surface area contributed by atoms with E-state index in [-0.39, 0.29) is 13.1 Å². The normalized spacial score (nSPS) is 10.7. The lowest BCUT2D eigenvalue weighted by atomic mass is 10.2. The molecule has 9 heteroatoms. The van der Waals surface area contributed by atoms with Gasteiger partial charge < -0.3 is 14.8 Å². The third kappa shape index (κ3) is 3.59.